The average Bonchev–Trinajstić information content (AvgIpc) is 2.84. The lowest BCUT2D eigenvalue weighted by molar-refractivity contribution is 0.0952. The van der Waals surface area contributed by atoms with Crippen molar-refractivity contribution in [2.24, 2.45) is 5.92 Å². The normalized spacial score (nSPS) is 20.5. The van der Waals surface area contributed by atoms with Crippen LogP contribution >= 0.6 is 27.3 Å². The van der Waals surface area contributed by atoms with Crippen molar-refractivity contribution in [3.8, 4) is 0 Å². The lowest BCUT2D eigenvalue weighted by Gasteiger charge is -2.08. The SMILES string of the molecule is O=C(NC[C@H]1CCNC1)c1ccc(Br)s1. The van der Waals surface area contributed by atoms with Crippen LogP contribution in [0.5, 0.6) is 0 Å². The predicted molar refractivity (Wildman–Crippen MR) is 65.3 cm³/mol. The van der Waals surface area contributed by atoms with E-state index >= 15 is 0 Å². The second-order valence-electron chi connectivity index (χ2n) is 3.67. The van der Waals surface area contributed by atoms with Crippen LogP contribution in [0, 0.1) is 5.92 Å². The molecule has 1 fully saturated rings. The second-order valence-corrected chi connectivity index (χ2v) is 6.14. The summed E-state index contributed by atoms with van der Waals surface area (Å²) in [5, 5.41) is 6.25. The van der Waals surface area contributed by atoms with Crippen LogP contribution in [0.4, 0.5) is 0 Å². The lowest BCUT2D eigenvalue weighted by atomic mass is 10.1. The Bertz CT molecular complexity index is 347. The fourth-order valence-electron chi connectivity index (χ4n) is 1.65. The fraction of sp³-hybridized carbons (Fsp3) is 0.500. The van der Waals surface area contributed by atoms with Crippen LogP contribution in [0.25, 0.3) is 0 Å². The Hall–Kier alpha value is -0.390. The highest BCUT2D eigenvalue weighted by Crippen LogP contribution is 2.21. The first-order valence-electron chi connectivity index (χ1n) is 5.00. The number of thiophene rings is 1. The van der Waals surface area contributed by atoms with Gasteiger partial charge in [0.25, 0.3) is 5.91 Å². The fourth-order valence-corrected chi connectivity index (χ4v) is 2.95. The van der Waals surface area contributed by atoms with Gasteiger partial charge in [-0.3, -0.25) is 4.79 Å². The third kappa shape index (κ3) is 3.03. The van der Waals surface area contributed by atoms with Crippen molar-refractivity contribution < 1.29 is 4.79 Å². The van der Waals surface area contributed by atoms with E-state index < -0.39 is 0 Å². The van der Waals surface area contributed by atoms with E-state index in [-0.39, 0.29) is 5.91 Å². The number of hydrogen-bond acceptors (Lipinski definition) is 3. The molecule has 15 heavy (non-hydrogen) atoms. The Morgan fingerprint density at radius 1 is 1.67 bits per heavy atom. The Kier molecular flexibility index (Phi) is 3.77. The highest BCUT2D eigenvalue weighted by atomic mass is 79.9. The number of amides is 1. The van der Waals surface area contributed by atoms with Crippen molar-refractivity contribution in [3.63, 3.8) is 0 Å². The van der Waals surface area contributed by atoms with Gasteiger partial charge in [0, 0.05) is 6.54 Å². The molecule has 0 aliphatic carbocycles. The zero-order chi connectivity index (χ0) is 10.7. The third-order valence-electron chi connectivity index (χ3n) is 2.51. The Labute approximate surface area is 101 Å². The van der Waals surface area contributed by atoms with E-state index in [2.05, 4.69) is 26.6 Å². The molecule has 0 radical (unpaired) electrons. The highest BCUT2D eigenvalue weighted by molar-refractivity contribution is 9.11. The van der Waals surface area contributed by atoms with Crippen molar-refractivity contribution in [2.45, 2.75) is 6.42 Å². The molecule has 1 aliphatic rings. The Morgan fingerprint density at radius 2 is 2.53 bits per heavy atom. The molecule has 3 nitrogen and oxygen atoms in total. The molecule has 1 atom stereocenters. The first-order valence-corrected chi connectivity index (χ1v) is 6.61. The van der Waals surface area contributed by atoms with Crippen LogP contribution in [0.1, 0.15) is 16.1 Å². The topological polar surface area (TPSA) is 41.1 Å². The van der Waals surface area contributed by atoms with E-state index in [0.717, 1.165) is 34.7 Å². The van der Waals surface area contributed by atoms with E-state index in [0.29, 0.717) is 5.92 Å². The summed E-state index contributed by atoms with van der Waals surface area (Å²) in [7, 11) is 0. The van der Waals surface area contributed by atoms with E-state index in [1.807, 2.05) is 12.1 Å². The summed E-state index contributed by atoms with van der Waals surface area (Å²) in [4.78, 5) is 12.4. The molecule has 1 aliphatic heterocycles. The molecule has 0 aromatic carbocycles. The van der Waals surface area contributed by atoms with Gasteiger partial charge >= 0.3 is 0 Å². The molecule has 0 saturated carbocycles. The smallest absolute Gasteiger partial charge is 0.261 e. The van der Waals surface area contributed by atoms with Gasteiger partial charge in [0.05, 0.1) is 8.66 Å². The van der Waals surface area contributed by atoms with Crippen LogP contribution in [0.15, 0.2) is 15.9 Å². The Balaban J connectivity index is 1.81. The van der Waals surface area contributed by atoms with Gasteiger partial charge < -0.3 is 10.6 Å². The molecule has 0 bridgehead atoms. The quantitative estimate of drug-likeness (QED) is 0.891. The molecule has 0 spiro atoms. The van der Waals surface area contributed by atoms with E-state index in [4.69, 9.17) is 0 Å². The molecule has 1 aromatic rings. The van der Waals surface area contributed by atoms with Crippen LogP contribution < -0.4 is 10.6 Å². The average molecular weight is 289 g/mol. The van der Waals surface area contributed by atoms with Gasteiger partial charge in [-0.25, -0.2) is 0 Å². The molecular formula is C10H13BrN2OS. The number of rotatable bonds is 3. The summed E-state index contributed by atoms with van der Waals surface area (Å²) < 4.78 is 0.996. The van der Waals surface area contributed by atoms with Crippen molar-refractivity contribution in [1.29, 1.82) is 0 Å². The molecule has 1 amide bonds. The Morgan fingerprint density at radius 3 is 3.13 bits per heavy atom. The molecule has 0 unspecified atom stereocenters. The first-order chi connectivity index (χ1) is 7.25. The van der Waals surface area contributed by atoms with Crippen molar-refractivity contribution in [1.82, 2.24) is 10.6 Å². The number of carbonyl (C=O) groups excluding carboxylic acids is 1. The van der Waals surface area contributed by atoms with Gasteiger partial charge in [-0.2, -0.15) is 0 Å². The standard InChI is InChI=1S/C10H13BrN2OS/c11-9-2-1-8(15-9)10(14)13-6-7-3-4-12-5-7/h1-2,7,12H,3-6H2,(H,13,14)/t7-/m0/s1. The number of halogens is 1. The highest BCUT2D eigenvalue weighted by Gasteiger charge is 2.16. The van der Waals surface area contributed by atoms with Gasteiger partial charge in [0.2, 0.25) is 0 Å². The first kappa shape index (κ1) is 11.1. The minimum absolute atomic E-state index is 0.0394. The molecule has 1 saturated heterocycles. The molecule has 2 rings (SSSR count). The largest absolute Gasteiger partial charge is 0.351 e. The van der Waals surface area contributed by atoms with Gasteiger partial charge in [-0.1, -0.05) is 0 Å². The maximum absolute atomic E-state index is 11.7. The lowest BCUT2D eigenvalue weighted by Crippen LogP contribution is -2.29. The van der Waals surface area contributed by atoms with E-state index in [9.17, 15) is 4.79 Å². The van der Waals surface area contributed by atoms with Gasteiger partial charge in [-0.05, 0) is 53.5 Å². The van der Waals surface area contributed by atoms with Gasteiger partial charge in [-0.15, -0.1) is 11.3 Å². The van der Waals surface area contributed by atoms with Crippen molar-refractivity contribution >= 4 is 33.2 Å². The minimum atomic E-state index is 0.0394. The molecule has 5 heteroatoms. The minimum Gasteiger partial charge on any atom is -0.351 e. The summed E-state index contributed by atoms with van der Waals surface area (Å²) in [6, 6.07) is 3.74. The van der Waals surface area contributed by atoms with Gasteiger partial charge in [0.1, 0.15) is 0 Å². The maximum atomic E-state index is 11.7. The monoisotopic (exact) mass is 288 g/mol. The zero-order valence-corrected chi connectivity index (χ0v) is 10.7. The molecule has 1 aromatic heterocycles. The summed E-state index contributed by atoms with van der Waals surface area (Å²) in [6.45, 7) is 2.88. The second kappa shape index (κ2) is 5.09. The molecular weight excluding hydrogens is 276 g/mol. The molecule has 2 heterocycles. The van der Waals surface area contributed by atoms with E-state index in [1.54, 1.807) is 0 Å². The van der Waals surface area contributed by atoms with Crippen molar-refractivity contribution in [3.05, 3.63) is 20.8 Å². The predicted octanol–water partition coefficient (Wildman–Crippen LogP) is 1.85. The summed E-state index contributed by atoms with van der Waals surface area (Å²) in [5.41, 5.74) is 0. The number of hydrogen-bond donors (Lipinski definition) is 2. The third-order valence-corrected chi connectivity index (χ3v) is 4.13. The van der Waals surface area contributed by atoms with Gasteiger partial charge in [0.15, 0.2) is 0 Å². The molecule has 82 valence electrons. The van der Waals surface area contributed by atoms with Crippen LogP contribution in [-0.4, -0.2) is 25.5 Å². The number of carbonyl (C=O) groups is 1. The van der Waals surface area contributed by atoms with Crippen molar-refractivity contribution in [2.75, 3.05) is 19.6 Å². The summed E-state index contributed by atoms with van der Waals surface area (Å²) in [5.74, 6) is 0.634. The van der Waals surface area contributed by atoms with Crippen LogP contribution in [0.2, 0.25) is 0 Å². The van der Waals surface area contributed by atoms with E-state index in [1.165, 1.54) is 11.3 Å². The maximum Gasteiger partial charge on any atom is 0.261 e. The summed E-state index contributed by atoms with van der Waals surface area (Å²) >= 11 is 4.81. The summed E-state index contributed by atoms with van der Waals surface area (Å²) in [6.07, 6.45) is 1.16. The number of nitrogens with one attached hydrogen (secondary N) is 2. The molecule has 2 N–H and O–H groups in total. The van der Waals surface area contributed by atoms with Crippen LogP contribution in [-0.2, 0) is 0 Å². The zero-order valence-electron chi connectivity index (χ0n) is 8.25. The van der Waals surface area contributed by atoms with Crippen LogP contribution in [0.3, 0.4) is 0 Å².